The third-order valence-corrected chi connectivity index (χ3v) is 4.25. The van der Waals surface area contributed by atoms with Crippen LogP contribution in [0.2, 0.25) is 0 Å². The first-order valence-corrected chi connectivity index (χ1v) is 9.00. The summed E-state index contributed by atoms with van der Waals surface area (Å²) >= 11 is 0. The summed E-state index contributed by atoms with van der Waals surface area (Å²) < 4.78 is 32.0. The van der Waals surface area contributed by atoms with Gasteiger partial charge < -0.3 is 4.74 Å². The second-order valence-corrected chi connectivity index (χ2v) is 7.02. The lowest BCUT2D eigenvalue weighted by molar-refractivity contribution is 0.0343. The zero-order chi connectivity index (χ0) is 16.4. The van der Waals surface area contributed by atoms with E-state index in [1.165, 1.54) is 0 Å². The fourth-order valence-electron chi connectivity index (χ4n) is 2.60. The summed E-state index contributed by atoms with van der Waals surface area (Å²) in [6, 6.07) is 15.3. The number of ether oxygens (including phenoxy) is 1. The Labute approximate surface area is 135 Å². The molecular formula is C17H16O5S. The SMILES string of the molecule is CS(=O)(=O)OCCC1OC(=O)c2cc(-c3ccccc3)ccc21. The molecule has 0 saturated heterocycles. The van der Waals surface area contributed by atoms with Gasteiger partial charge >= 0.3 is 5.97 Å². The normalized spacial score (nSPS) is 16.9. The smallest absolute Gasteiger partial charge is 0.339 e. The van der Waals surface area contributed by atoms with Crippen molar-refractivity contribution < 1.29 is 22.1 Å². The van der Waals surface area contributed by atoms with Crippen LogP contribution in [0.15, 0.2) is 48.5 Å². The van der Waals surface area contributed by atoms with Crippen molar-refractivity contribution >= 4 is 16.1 Å². The highest BCUT2D eigenvalue weighted by Gasteiger charge is 2.31. The highest BCUT2D eigenvalue weighted by atomic mass is 32.2. The topological polar surface area (TPSA) is 69.7 Å². The zero-order valence-electron chi connectivity index (χ0n) is 12.6. The van der Waals surface area contributed by atoms with Crippen molar-refractivity contribution in [3.63, 3.8) is 0 Å². The van der Waals surface area contributed by atoms with Crippen molar-refractivity contribution in [3.05, 3.63) is 59.7 Å². The molecule has 0 saturated carbocycles. The predicted molar refractivity (Wildman–Crippen MR) is 85.4 cm³/mol. The van der Waals surface area contributed by atoms with Crippen LogP contribution in [0.4, 0.5) is 0 Å². The number of hydrogen-bond donors (Lipinski definition) is 0. The largest absolute Gasteiger partial charge is 0.454 e. The van der Waals surface area contributed by atoms with Gasteiger partial charge in [-0.3, -0.25) is 4.18 Å². The van der Waals surface area contributed by atoms with Crippen LogP contribution in [-0.2, 0) is 19.0 Å². The maximum Gasteiger partial charge on any atom is 0.339 e. The minimum Gasteiger partial charge on any atom is -0.454 e. The molecule has 1 atom stereocenters. The van der Waals surface area contributed by atoms with Crippen molar-refractivity contribution in [2.75, 3.05) is 12.9 Å². The summed E-state index contributed by atoms with van der Waals surface area (Å²) in [6.45, 7) is -0.0172. The number of cyclic esters (lactones) is 1. The standard InChI is InChI=1S/C17H16O5S/c1-23(19,20)21-10-9-16-14-8-7-13(11-15(14)17(18)22-16)12-5-3-2-4-6-12/h2-8,11,16H,9-10H2,1H3. The van der Waals surface area contributed by atoms with Crippen molar-refractivity contribution in [2.24, 2.45) is 0 Å². The molecule has 0 N–H and O–H groups in total. The van der Waals surface area contributed by atoms with Crippen LogP contribution in [0, 0.1) is 0 Å². The van der Waals surface area contributed by atoms with Crippen molar-refractivity contribution in [3.8, 4) is 11.1 Å². The minimum absolute atomic E-state index is 0.0172. The Bertz CT molecular complexity index is 827. The number of carbonyl (C=O) groups is 1. The Morgan fingerprint density at radius 1 is 1.09 bits per heavy atom. The third kappa shape index (κ3) is 3.60. The van der Waals surface area contributed by atoms with Gasteiger partial charge in [0.2, 0.25) is 0 Å². The summed E-state index contributed by atoms with van der Waals surface area (Å²) in [5, 5.41) is 0. The number of fused-ring (bicyclic) bond motifs is 1. The number of hydrogen-bond acceptors (Lipinski definition) is 5. The number of esters is 1. The maximum absolute atomic E-state index is 12.0. The van der Waals surface area contributed by atoms with Crippen LogP contribution >= 0.6 is 0 Å². The van der Waals surface area contributed by atoms with Gasteiger partial charge in [-0.25, -0.2) is 4.79 Å². The highest BCUT2D eigenvalue weighted by Crippen LogP contribution is 2.35. The van der Waals surface area contributed by atoms with E-state index in [9.17, 15) is 13.2 Å². The molecule has 0 fully saturated rings. The van der Waals surface area contributed by atoms with Gasteiger partial charge in [-0.2, -0.15) is 8.42 Å². The van der Waals surface area contributed by atoms with Crippen molar-refractivity contribution in [2.45, 2.75) is 12.5 Å². The molecule has 0 radical (unpaired) electrons. The van der Waals surface area contributed by atoms with Gasteiger partial charge in [0.1, 0.15) is 6.10 Å². The molecular weight excluding hydrogens is 316 g/mol. The molecule has 2 aromatic carbocycles. The van der Waals surface area contributed by atoms with E-state index in [0.29, 0.717) is 12.0 Å². The van der Waals surface area contributed by atoms with E-state index in [2.05, 4.69) is 0 Å². The van der Waals surface area contributed by atoms with Crippen molar-refractivity contribution in [1.82, 2.24) is 0 Å². The molecule has 0 aliphatic carbocycles. The monoisotopic (exact) mass is 332 g/mol. The summed E-state index contributed by atoms with van der Waals surface area (Å²) in [4.78, 5) is 12.0. The molecule has 1 aliphatic heterocycles. The van der Waals surface area contributed by atoms with Crippen LogP contribution in [0.25, 0.3) is 11.1 Å². The van der Waals surface area contributed by atoms with Gasteiger partial charge in [-0.15, -0.1) is 0 Å². The average molecular weight is 332 g/mol. The molecule has 23 heavy (non-hydrogen) atoms. The molecule has 1 aliphatic rings. The lowest BCUT2D eigenvalue weighted by atomic mass is 9.97. The molecule has 2 aromatic rings. The number of rotatable bonds is 5. The molecule has 5 nitrogen and oxygen atoms in total. The Kier molecular flexibility index (Phi) is 4.19. The highest BCUT2D eigenvalue weighted by molar-refractivity contribution is 7.85. The molecule has 0 bridgehead atoms. The summed E-state index contributed by atoms with van der Waals surface area (Å²) in [6.07, 6.45) is 0.827. The van der Waals surface area contributed by atoms with Gasteiger partial charge in [0.25, 0.3) is 10.1 Å². The fraction of sp³-hybridized carbons (Fsp3) is 0.235. The van der Waals surface area contributed by atoms with E-state index in [1.807, 2.05) is 48.5 Å². The predicted octanol–water partition coefficient (Wildman–Crippen LogP) is 2.93. The van der Waals surface area contributed by atoms with E-state index >= 15 is 0 Å². The molecule has 0 spiro atoms. The number of benzene rings is 2. The van der Waals surface area contributed by atoms with Gasteiger partial charge in [0, 0.05) is 12.0 Å². The van der Waals surface area contributed by atoms with Crippen LogP contribution in [-0.4, -0.2) is 27.2 Å². The Balaban J connectivity index is 1.81. The molecule has 0 aromatic heterocycles. The van der Waals surface area contributed by atoms with Gasteiger partial charge in [0.15, 0.2) is 0 Å². The molecule has 1 unspecified atom stereocenters. The molecule has 120 valence electrons. The van der Waals surface area contributed by atoms with E-state index in [0.717, 1.165) is 22.9 Å². The van der Waals surface area contributed by atoms with E-state index in [4.69, 9.17) is 8.92 Å². The molecule has 3 rings (SSSR count). The quantitative estimate of drug-likeness (QED) is 0.622. The Hall–Kier alpha value is -2.18. The summed E-state index contributed by atoms with van der Waals surface area (Å²) in [5.74, 6) is -0.387. The van der Waals surface area contributed by atoms with Gasteiger partial charge in [-0.05, 0) is 17.2 Å². The van der Waals surface area contributed by atoms with Gasteiger partial charge in [-0.1, -0.05) is 42.5 Å². The first-order valence-electron chi connectivity index (χ1n) is 7.19. The summed E-state index contributed by atoms with van der Waals surface area (Å²) in [5.41, 5.74) is 3.25. The molecule has 6 heteroatoms. The zero-order valence-corrected chi connectivity index (χ0v) is 13.4. The van der Waals surface area contributed by atoms with E-state index < -0.39 is 16.2 Å². The van der Waals surface area contributed by atoms with E-state index in [-0.39, 0.29) is 12.6 Å². The average Bonchev–Trinajstić information content (AvgIpc) is 2.83. The number of carbonyl (C=O) groups excluding carboxylic acids is 1. The van der Waals surface area contributed by atoms with Crippen LogP contribution in [0.5, 0.6) is 0 Å². The lowest BCUT2D eigenvalue weighted by Gasteiger charge is -2.10. The van der Waals surface area contributed by atoms with Crippen LogP contribution < -0.4 is 0 Å². The van der Waals surface area contributed by atoms with Crippen LogP contribution in [0.1, 0.15) is 28.4 Å². The van der Waals surface area contributed by atoms with Gasteiger partial charge in [0.05, 0.1) is 18.4 Å². The Morgan fingerprint density at radius 3 is 2.52 bits per heavy atom. The second kappa shape index (κ2) is 6.14. The van der Waals surface area contributed by atoms with E-state index in [1.54, 1.807) is 0 Å². The Morgan fingerprint density at radius 2 is 1.83 bits per heavy atom. The molecule has 1 heterocycles. The van der Waals surface area contributed by atoms with Crippen LogP contribution in [0.3, 0.4) is 0 Å². The first kappa shape index (κ1) is 15.7. The maximum atomic E-state index is 12.0. The summed E-state index contributed by atoms with van der Waals surface area (Å²) in [7, 11) is -3.49. The third-order valence-electron chi connectivity index (χ3n) is 3.65. The second-order valence-electron chi connectivity index (χ2n) is 5.38. The van der Waals surface area contributed by atoms with Crippen molar-refractivity contribution in [1.29, 1.82) is 0 Å². The molecule has 0 amide bonds. The first-order chi connectivity index (χ1) is 10.9. The lowest BCUT2D eigenvalue weighted by Crippen LogP contribution is -2.08. The fourth-order valence-corrected chi connectivity index (χ4v) is 3.00. The minimum atomic E-state index is -3.49.